The summed E-state index contributed by atoms with van der Waals surface area (Å²) in [5.41, 5.74) is 1.31. The highest BCUT2D eigenvalue weighted by Gasteiger charge is 2.25. The quantitative estimate of drug-likeness (QED) is 0.530. The fourth-order valence-corrected chi connectivity index (χ4v) is 4.41. The Balaban J connectivity index is 1.99. The van der Waals surface area contributed by atoms with Gasteiger partial charge in [-0.25, -0.2) is 4.98 Å². The number of likely N-dealkylation sites (N-methyl/N-ethyl adjacent to an activating group) is 1. The van der Waals surface area contributed by atoms with Crippen LogP contribution in [0.1, 0.15) is 44.2 Å². The van der Waals surface area contributed by atoms with Crippen LogP contribution in [-0.4, -0.2) is 51.8 Å². The summed E-state index contributed by atoms with van der Waals surface area (Å²) in [6.45, 7) is 11.5. The van der Waals surface area contributed by atoms with Gasteiger partial charge in [-0.2, -0.15) is 5.10 Å². The Morgan fingerprint density at radius 1 is 1.21 bits per heavy atom. The third-order valence-corrected chi connectivity index (χ3v) is 6.10. The van der Waals surface area contributed by atoms with Gasteiger partial charge in [-0.1, -0.05) is 42.9 Å². The predicted octanol–water partition coefficient (Wildman–Crippen LogP) is 4.72. The van der Waals surface area contributed by atoms with Gasteiger partial charge in [0.2, 0.25) is 0 Å². The number of benzene rings is 1. The minimum Gasteiger partial charge on any atom is -0.302 e. The van der Waals surface area contributed by atoms with Crippen molar-refractivity contribution >= 4 is 44.2 Å². The summed E-state index contributed by atoms with van der Waals surface area (Å²) in [7, 11) is 0. The van der Waals surface area contributed by atoms with E-state index in [1.807, 2.05) is 32.0 Å². The predicted molar refractivity (Wildman–Crippen MR) is 117 cm³/mol. The summed E-state index contributed by atoms with van der Waals surface area (Å²) in [4.78, 5) is 22.2. The molecule has 0 aliphatic carbocycles. The van der Waals surface area contributed by atoms with Gasteiger partial charge >= 0.3 is 0 Å². The number of carbonyl (C=O) groups excluding carboxylic acids is 1. The number of aromatic nitrogens is 3. The van der Waals surface area contributed by atoms with Gasteiger partial charge in [0.15, 0.2) is 5.13 Å². The Kier molecular flexibility index (Phi) is 6.69. The molecule has 6 nitrogen and oxygen atoms in total. The molecule has 2 heterocycles. The first kappa shape index (κ1) is 20.8. The summed E-state index contributed by atoms with van der Waals surface area (Å²) < 4.78 is 2.73. The Hall–Kier alpha value is -1.96. The summed E-state index contributed by atoms with van der Waals surface area (Å²) >= 11 is 7.80. The maximum Gasteiger partial charge on any atom is 0.278 e. The molecule has 0 aliphatic heterocycles. The van der Waals surface area contributed by atoms with E-state index in [2.05, 4.69) is 23.8 Å². The van der Waals surface area contributed by atoms with E-state index in [-0.39, 0.29) is 11.9 Å². The molecule has 0 fully saturated rings. The molecule has 0 aliphatic rings. The number of hydrogen-bond donors (Lipinski definition) is 0. The molecule has 3 aromatic rings. The van der Waals surface area contributed by atoms with Gasteiger partial charge in [0.1, 0.15) is 11.2 Å². The Labute approximate surface area is 174 Å². The van der Waals surface area contributed by atoms with E-state index >= 15 is 0 Å². The van der Waals surface area contributed by atoms with Gasteiger partial charge in [0, 0.05) is 25.3 Å². The molecular formula is C20H26ClN5OS. The first-order valence-electron chi connectivity index (χ1n) is 9.59. The van der Waals surface area contributed by atoms with Gasteiger partial charge in [0.25, 0.3) is 5.91 Å². The SMILES string of the molecule is CCN(CC)CCN(C(=O)c1ccnn1C(C)C)c1nc2c(Cl)cccc2s1. The lowest BCUT2D eigenvalue weighted by atomic mass is 10.3. The molecule has 2 aromatic heterocycles. The second-order valence-electron chi connectivity index (χ2n) is 6.82. The van der Waals surface area contributed by atoms with Crippen LogP contribution in [0.2, 0.25) is 5.02 Å². The average molecular weight is 420 g/mol. The number of hydrogen-bond acceptors (Lipinski definition) is 5. The van der Waals surface area contributed by atoms with Crippen LogP contribution in [0.4, 0.5) is 5.13 Å². The Morgan fingerprint density at radius 3 is 2.61 bits per heavy atom. The smallest absolute Gasteiger partial charge is 0.278 e. The van der Waals surface area contributed by atoms with Crippen molar-refractivity contribution in [2.45, 2.75) is 33.7 Å². The van der Waals surface area contributed by atoms with Gasteiger partial charge < -0.3 is 4.90 Å². The van der Waals surface area contributed by atoms with Crippen molar-refractivity contribution in [3.8, 4) is 0 Å². The molecule has 1 amide bonds. The van der Waals surface area contributed by atoms with Crippen LogP contribution >= 0.6 is 22.9 Å². The van der Waals surface area contributed by atoms with Gasteiger partial charge in [-0.15, -0.1) is 0 Å². The zero-order valence-corrected chi connectivity index (χ0v) is 18.3. The molecule has 28 heavy (non-hydrogen) atoms. The number of anilines is 1. The molecule has 0 atom stereocenters. The minimum absolute atomic E-state index is 0.0893. The third kappa shape index (κ3) is 4.21. The van der Waals surface area contributed by atoms with Gasteiger partial charge in [-0.05, 0) is 45.1 Å². The lowest BCUT2D eigenvalue weighted by Gasteiger charge is -2.25. The van der Waals surface area contributed by atoms with Gasteiger partial charge in [0.05, 0.1) is 9.72 Å². The van der Waals surface area contributed by atoms with Crippen molar-refractivity contribution in [3.63, 3.8) is 0 Å². The number of carbonyl (C=O) groups is 1. The number of para-hydroxylation sites is 1. The van der Waals surface area contributed by atoms with E-state index in [0.717, 1.165) is 29.9 Å². The molecule has 0 bridgehead atoms. The zero-order chi connectivity index (χ0) is 20.3. The van der Waals surface area contributed by atoms with Crippen LogP contribution in [0.15, 0.2) is 30.5 Å². The minimum atomic E-state index is -0.0893. The lowest BCUT2D eigenvalue weighted by molar-refractivity contribution is 0.0971. The molecule has 0 spiro atoms. The molecule has 150 valence electrons. The van der Waals surface area contributed by atoms with Crippen LogP contribution in [0.3, 0.4) is 0 Å². The number of fused-ring (bicyclic) bond motifs is 1. The van der Waals surface area contributed by atoms with E-state index in [0.29, 0.717) is 22.4 Å². The van der Waals surface area contributed by atoms with Crippen LogP contribution in [0.25, 0.3) is 10.2 Å². The monoisotopic (exact) mass is 419 g/mol. The van der Waals surface area contributed by atoms with Crippen LogP contribution in [-0.2, 0) is 0 Å². The standard InChI is InChI=1S/C20H26ClN5OS/c1-5-24(6-2)12-13-25(19(27)16-10-11-22-26(16)14(3)4)20-23-18-15(21)8-7-9-17(18)28-20/h7-11,14H,5-6,12-13H2,1-4H3. The van der Waals surface area contributed by atoms with Crippen molar-refractivity contribution in [2.75, 3.05) is 31.1 Å². The highest BCUT2D eigenvalue weighted by Crippen LogP contribution is 2.33. The second-order valence-corrected chi connectivity index (χ2v) is 8.24. The fraction of sp³-hybridized carbons (Fsp3) is 0.450. The van der Waals surface area contributed by atoms with Gasteiger partial charge in [-0.3, -0.25) is 14.4 Å². The van der Waals surface area contributed by atoms with Crippen molar-refractivity contribution in [1.29, 1.82) is 0 Å². The van der Waals surface area contributed by atoms with E-state index in [9.17, 15) is 4.79 Å². The van der Waals surface area contributed by atoms with Crippen molar-refractivity contribution in [2.24, 2.45) is 0 Å². The normalized spacial score (nSPS) is 11.7. The molecule has 0 radical (unpaired) electrons. The molecule has 1 aromatic carbocycles. The van der Waals surface area contributed by atoms with Crippen molar-refractivity contribution < 1.29 is 4.79 Å². The highest BCUT2D eigenvalue weighted by atomic mass is 35.5. The number of thiazole rings is 1. The van der Waals surface area contributed by atoms with E-state index in [1.165, 1.54) is 11.3 Å². The molecule has 0 N–H and O–H groups in total. The lowest BCUT2D eigenvalue weighted by Crippen LogP contribution is -2.39. The molecular weight excluding hydrogens is 394 g/mol. The van der Waals surface area contributed by atoms with Crippen LogP contribution < -0.4 is 4.90 Å². The molecule has 3 rings (SSSR count). The number of amides is 1. The van der Waals surface area contributed by atoms with E-state index in [4.69, 9.17) is 16.6 Å². The first-order chi connectivity index (χ1) is 13.5. The number of halogens is 1. The summed E-state index contributed by atoms with van der Waals surface area (Å²) in [5.74, 6) is -0.0893. The van der Waals surface area contributed by atoms with E-state index in [1.54, 1.807) is 21.8 Å². The van der Waals surface area contributed by atoms with Crippen LogP contribution in [0, 0.1) is 0 Å². The van der Waals surface area contributed by atoms with Crippen molar-refractivity contribution in [1.82, 2.24) is 19.7 Å². The highest BCUT2D eigenvalue weighted by molar-refractivity contribution is 7.22. The van der Waals surface area contributed by atoms with Crippen LogP contribution in [0.5, 0.6) is 0 Å². The first-order valence-corrected chi connectivity index (χ1v) is 10.8. The topological polar surface area (TPSA) is 54.3 Å². The molecule has 8 heteroatoms. The fourth-order valence-electron chi connectivity index (χ4n) is 3.12. The maximum absolute atomic E-state index is 13.5. The number of nitrogens with zero attached hydrogens (tertiary/aromatic N) is 5. The van der Waals surface area contributed by atoms with Crippen molar-refractivity contribution in [3.05, 3.63) is 41.2 Å². The summed E-state index contributed by atoms with van der Waals surface area (Å²) in [6, 6.07) is 7.58. The second kappa shape index (κ2) is 9.03. The zero-order valence-electron chi connectivity index (χ0n) is 16.7. The average Bonchev–Trinajstić information content (AvgIpc) is 3.32. The molecule has 0 unspecified atom stereocenters. The summed E-state index contributed by atoms with van der Waals surface area (Å²) in [6.07, 6.45) is 1.67. The Morgan fingerprint density at radius 2 is 1.96 bits per heavy atom. The number of rotatable bonds is 8. The third-order valence-electron chi connectivity index (χ3n) is 4.75. The molecule has 0 saturated heterocycles. The molecule has 0 saturated carbocycles. The Bertz CT molecular complexity index is 947. The summed E-state index contributed by atoms with van der Waals surface area (Å²) in [5, 5.41) is 5.58. The largest absolute Gasteiger partial charge is 0.302 e. The van der Waals surface area contributed by atoms with E-state index < -0.39 is 0 Å². The maximum atomic E-state index is 13.5.